The zero-order valence-electron chi connectivity index (χ0n) is 11.5. The van der Waals surface area contributed by atoms with Crippen LogP contribution in [-0.4, -0.2) is 5.11 Å². The second-order valence-electron chi connectivity index (χ2n) is 5.23. The lowest BCUT2D eigenvalue weighted by Crippen LogP contribution is -2.11. The molecule has 2 unspecified atom stereocenters. The van der Waals surface area contributed by atoms with Crippen LogP contribution in [0.5, 0.6) is 0 Å². The number of hydrogen-bond donors (Lipinski definition) is 1. The van der Waals surface area contributed by atoms with Gasteiger partial charge in [-0.15, -0.1) is 0 Å². The second-order valence-corrected chi connectivity index (χ2v) is 5.23. The van der Waals surface area contributed by atoms with Crippen molar-refractivity contribution in [2.24, 2.45) is 5.92 Å². The molecule has 0 saturated carbocycles. The van der Waals surface area contributed by atoms with Gasteiger partial charge in [0.1, 0.15) is 0 Å². The molecule has 0 spiro atoms. The molecule has 2 aromatic rings. The van der Waals surface area contributed by atoms with E-state index < -0.39 is 0 Å². The van der Waals surface area contributed by atoms with Crippen molar-refractivity contribution in [1.29, 1.82) is 0 Å². The molecular formula is C17H22O. The van der Waals surface area contributed by atoms with Crippen molar-refractivity contribution in [3.63, 3.8) is 0 Å². The third kappa shape index (κ3) is 2.41. The highest BCUT2D eigenvalue weighted by Crippen LogP contribution is 2.33. The van der Waals surface area contributed by atoms with Crippen LogP contribution in [0.3, 0.4) is 0 Å². The van der Waals surface area contributed by atoms with E-state index >= 15 is 0 Å². The number of aryl methyl sites for hydroxylation is 1. The first-order chi connectivity index (χ1) is 8.65. The summed E-state index contributed by atoms with van der Waals surface area (Å²) in [5.74, 6) is 0.305. The molecule has 18 heavy (non-hydrogen) atoms. The average Bonchev–Trinajstić information content (AvgIpc) is 2.38. The summed E-state index contributed by atoms with van der Waals surface area (Å²) in [5, 5.41) is 13.0. The highest BCUT2D eigenvalue weighted by molar-refractivity contribution is 5.87. The molecule has 0 aliphatic heterocycles. The van der Waals surface area contributed by atoms with Gasteiger partial charge in [0.05, 0.1) is 6.10 Å². The van der Waals surface area contributed by atoms with Gasteiger partial charge in [-0.25, -0.2) is 0 Å². The number of rotatable bonds is 4. The third-order valence-corrected chi connectivity index (χ3v) is 3.77. The number of hydrogen-bond acceptors (Lipinski definition) is 1. The maximum atomic E-state index is 10.6. The molecule has 0 aliphatic rings. The Labute approximate surface area is 109 Å². The van der Waals surface area contributed by atoms with Crippen LogP contribution in [-0.2, 0) is 0 Å². The van der Waals surface area contributed by atoms with E-state index in [4.69, 9.17) is 0 Å². The summed E-state index contributed by atoms with van der Waals surface area (Å²) in [4.78, 5) is 0. The van der Waals surface area contributed by atoms with E-state index in [1.165, 1.54) is 16.3 Å². The molecule has 2 rings (SSSR count). The van der Waals surface area contributed by atoms with Crippen LogP contribution < -0.4 is 0 Å². The third-order valence-electron chi connectivity index (χ3n) is 3.77. The van der Waals surface area contributed by atoms with Gasteiger partial charge in [0.2, 0.25) is 0 Å². The van der Waals surface area contributed by atoms with Crippen molar-refractivity contribution < 1.29 is 5.11 Å². The molecule has 0 amide bonds. The minimum absolute atomic E-state index is 0.305. The summed E-state index contributed by atoms with van der Waals surface area (Å²) in [6.07, 6.45) is 1.81. The van der Waals surface area contributed by atoms with Crippen LogP contribution in [0.15, 0.2) is 36.4 Å². The molecule has 1 nitrogen and oxygen atoms in total. The SMILES string of the molecule is CCCC(C)C(O)c1c(C)ccc2ccccc12. The van der Waals surface area contributed by atoms with Gasteiger partial charge in [-0.05, 0) is 41.2 Å². The number of aliphatic hydroxyl groups excluding tert-OH is 1. The van der Waals surface area contributed by atoms with Crippen molar-refractivity contribution in [1.82, 2.24) is 0 Å². The Bertz CT molecular complexity index is 530. The number of benzene rings is 2. The lowest BCUT2D eigenvalue weighted by Gasteiger charge is -2.22. The van der Waals surface area contributed by atoms with Crippen molar-refractivity contribution in [2.75, 3.05) is 0 Å². The van der Waals surface area contributed by atoms with Crippen molar-refractivity contribution in [2.45, 2.75) is 39.7 Å². The molecule has 0 saturated heterocycles. The number of aliphatic hydroxyl groups is 1. The van der Waals surface area contributed by atoms with E-state index in [-0.39, 0.29) is 6.10 Å². The van der Waals surface area contributed by atoms with Crippen LogP contribution in [0.25, 0.3) is 10.8 Å². The van der Waals surface area contributed by atoms with Gasteiger partial charge < -0.3 is 5.11 Å². The van der Waals surface area contributed by atoms with Gasteiger partial charge in [-0.3, -0.25) is 0 Å². The highest BCUT2D eigenvalue weighted by atomic mass is 16.3. The first kappa shape index (κ1) is 13.1. The molecule has 2 atom stereocenters. The minimum atomic E-state index is -0.365. The molecular weight excluding hydrogens is 220 g/mol. The Balaban J connectivity index is 2.51. The molecule has 1 N–H and O–H groups in total. The van der Waals surface area contributed by atoms with Gasteiger partial charge >= 0.3 is 0 Å². The second kappa shape index (κ2) is 5.53. The molecule has 0 radical (unpaired) electrons. The first-order valence-corrected chi connectivity index (χ1v) is 6.81. The first-order valence-electron chi connectivity index (χ1n) is 6.81. The number of fused-ring (bicyclic) bond motifs is 1. The monoisotopic (exact) mass is 242 g/mol. The fourth-order valence-corrected chi connectivity index (χ4v) is 2.69. The van der Waals surface area contributed by atoms with E-state index in [1.54, 1.807) is 0 Å². The predicted octanol–water partition coefficient (Wildman–Crippen LogP) is 4.62. The quantitative estimate of drug-likeness (QED) is 0.829. The van der Waals surface area contributed by atoms with Crippen LogP contribution in [0.1, 0.15) is 43.9 Å². The summed E-state index contributed by atoms with van der Waals surface area (Å²) in [7, 11) is 0. The van der Waals surface area contributed by atoms with Gasteiger partial charge in [-0.1, -0.05) is 56.7 Å². The van der Waals surface area contributed by atoms with E-state index in [2.05, 4.69) is 45.0 Å². The molecule has 0 heterocycles. The Morgan fingerprint density at radius 1 is 1.11 bits per heavy atom. The Morgan fingerprint density at radius 3 is 2.56 bits per heavy atom. The van der Waals surface area contributed by atoms with Crippen LogP contribution in [0, 0.1) is 12.8 Å². The zero-order valence-corrected chi connectivity index (χ0v) is 11.5. The van der Waals surface area contributed by atoms with Crippen molar-refractivity contribution in [3.05, 3.63) is 47.5 Å². The summed E-state index contributed by atoms with van der Waals surface area (Å²) < 4.78 is 0. The smallest absolute Gasteiger partial charge is 0.0824 e. The largest absolute Gasteiger partial charge is 0.388 e. The average molecular weight is 242 g/mol. The molecule has 0 bridgehead atoms. The maximum absolute atomic E-state index is 10.6. The molecule has 96 valence electrons. The standard InChI is InChI=1S/C17H22O/c1-4-7-13(3)17(18)16-12(2)10-11-14-8-5-6-9-15(14)16/h5-6,8-11,13,17-18H,4,7H2,1-3H3. The molecule has 0 aromatic heterocycles. The summed E-state index contributed by atoms with van der Waals surface area (Å²) in [6, 6.07) is 12.5. The van der Waals surface area contributed by atoms with E-state index in [0.717, 1.165) is 18.4 Å². The van der Waals surface area contributed by atoms with Gasteiger partial charge in [0, 0.05) is 0 Å². The minimum Gasteiger partial charge on any atom is -0.388 e. The van der Waals surface area contributed by atoms with Crippen LogP contribution in [0.4, 0.5) is 0 Å². The van der Waals surface area contributed by atoms with Gasteiger partial charge in [-0.2, -0.15) is 0 Å². The van der Waals surface area contributed by atoms with Crippen LogP contribution >= 0.6 is 0 Å². The molecule has 1 heteroatoms. The zero-order chi connectivity index (χ0) is 13.1. The molecule has 0 fully saturated rings. The normalized spacial score (nSPS) is 14.7. The lowest BCUT2D eigenvalue weighted by molar-refractivity contribution is 0.113. The summed E-state index contributed by atoms with van der Waals surface area (Å²) in [6.45, 7) is 6.39. The van der Waals surface area contributed by atoms with E-state index in [0.29, 0.717) is 5.92 Å². The van der Waals surface area contributed by atoms with Crippen molar-refractivity contribution in [3.8, 4) is 0 Å². The predicted molar refractivity (Wildman–Crippen MR) is 77.7 cm³/mol. The summed E-state index contributed by atoms with van der Waals surface area (Å²) >= 11 is 0. The van der Waals surface area contributed by atoms with E-state index in [1.807, 2.05) is 12.1 Å². The van der Waals surface area contributed by atoms with E-state index in [9.17, 15) is 5.11 Å². The van der Waals surface area contributed by atoms with Gasteiger partial charge in [0.15, 0.2) is 0 Å². The fourth-order valence-electron chi connectivity index (χ4n) is 2.69. The Hall–Kier alpha value is -1.34. The lowest BCUT2D eigenvalue weighted by atomic mass is 9.88. The molecule has 0 aliphatic carbocycles. The Kier molecular flexibility index (Phi) is 4.03. The summed E-state index contributed by atoms with van der Waals surface area (Å²) in [5.41, 5.74) is 2.29. The maximum Gasteiger partial charge on any atom is 0.0824 e. The highest BCUT2D eigenvalue weighted by Gasteiger charge is 2.19. The molecule has 2 aromatic carbocycles. The fraction of sp³-hybridized carbons (Fsp3) is 0.412. The Morgan fingerprint density at radius 2 is 1.83 bits per heavy atom. The topological polar surface area (TPSA) is 20.2 Å². The van der Waals surface area contributed by atoms with Crippen molar-refractivity contribution >= 4 is 10.8 Å². The van der Waals surface area contributed by atoms with Gasteiger partial charge in [0.25, 0.3) is 0 Å². The van der Waals surface area contributed by atoms with Crippen LogP contribution in [0.2, 0.25) is 0 Å².